The highest BCUT2D eigenvalue weighted by molar-refractivity contribution is 5.88. The van der Waals surface area contributed by atoms with E-state index in [2.05, 4.69) is 4.98 Å². The van der Waals surface area contributed by atoms with E-state index in [-0.39, 0.29) is 18.0 Å². The van der Waals surface area contributed by atoms with Crippen LogP contribution in [0.1, 0.15) is 23.8 Å². The van der Waals surface area contributed by atoms with Crippen LogP contribution in [0, 0.1) is 11.6 Å². The van der Waals surface area contributed by atoms with Crippen LogP contribution < -0.4 is 0 Å². The van der Waals surface area contributed by atoms with Gasteiger partial charge in [-0.15, -0.1) is 0 Å². The molecule has 0 atom stereocenters. The zero-order chi connectivity index (χ0) is 14.5. The standard InChI is InChI=1S/C15H13F2NO2/c1-2-8-20-15(19)12-9-11(16)13(17)14(18-12)10-6-4-3-5-7-10/h3-7,9H,2,8H2,1H3. The molecule has 0 aliphatic heterocycles. The molecular formula is C15H13F2NO2. The smallest absolute Gasteiger partial charge is 0.357 e. The molecule has 0 aliphatic carbocycles. The van der Waals surface area contributed by atoms with Crippen LogP contribution in [0.25, 0.3) is 11.3 Å². The van der Waals surface area contributed by atoms with E-state index < -0.39 is 17.6 Å². The molecule has 3 nitrogen and oxygen atoms in total. The molecule has 0 radical (unpaired) electrons. The summed E-state index contributed by atoms with van der Waals surface area (Å²) in [6.07, 6.45) is 0.640. The highest BCUT2D eigenvalue weighted by Gasteiger charge is 2.18. The summed E-state index contributed by atoms with van der Waals surface area (Å²) in [5.74, 6) is -2.96. The number of carbonyl (C=O) groups excluding carboxylic acids is 1. The molecule has 1 aromatic heterocycles. The van der Waals surface area contributed by atoms with Crippen LogP contribution in [-0.2, 0) is 4.74 Å². The van der Waals surface area contributed by atoms with Crippen molar-refractivity contribution in [3.05, 3.63) is 53.7 Å². The van der Waals surface area contributed by atoms with E-state index in [1.54, 1.807) is 30.3 Å². The first kappa shape index (κ1) is 14.1. The quantitative estimate of drug-likeness (QED) is 0.802. The molecule has 0 amide bonds. The summed E-state index contributed by atoms with van der Waals surface area (Å²) in [5, 5.41) is 0. The molecule has 0 unspecified atom stereocenters. The second kappa shape index (κ2) is 6.23. The van der Waals surface area contributed by atoms with Crippen LogP contribution >= 0.6 is 0 Å². The molecule has 0 N–H and O–H groups in total. The lowest BCUT2D eigenvalue weighted by Crippen LogP contribution is -2.10. The molecule has 5 heteroatoms. The number of carbonyl (C=O) groups is 1. The Labute approximate surface area is 115 Å². The number of ether oxygens (including phenoxy) is 1. The molecule has 1 heterocycles. The van der Waals surface area contributed by atoms with E-state index in [9.17, 15) is 13.6 Å². The van der Waals surface area contributed by atoms with Gasteiger partial charge >= 0.3 is 5.97 Å². The Morgan fingerprint density at radius 1 is 1.25 bits per heavy atom. The molecule has 0 bridgehead atoms. The second-order valence-electron chi connectivity index (χ2n) is 4.15. The van der Waals surface area contributed by atoms with Gasteiger partial charge in [-0.05, 0) is 6.42 Å². The molecule has 1 aromatic carbocycles. The van der Waals surface area contributed by atoms with Gasteiger partial charge in [0.25, 0.3) is 0 Å². The minimum atomic E-state index is -1.12. The van der Waals surface area contributed by atoms with Crippen LogP contribution in [0.5, 0.6) is 0 Å². The summed E-state index contributed by atoms with van der Waals surface area (Å²) in [6, 6.07) is 9.03. The number of hydrogen-bond donors (Lipinski definition) is 0. The topological polar surface area (TPSA) is 39.2 Å². The van der Waals surface area contributed by atoms with Crippen LogP contribution in [0.4, 0.5) is 8.78 Å². The molecule has 2 aromatic rings. The Kier molecular flexibility index (Phi) is 4.40. The number of esters is 1. The van der Waals surface area contributed by atoms with Gasteiger partial charge in [0.1, 0.15) is 5.69 Å². The third-order valence-corrected chi connectivity index (χ3v) is 2.61. The predicted molar refractivity (Wildman–Crippen MR) is 70.2 cm³/mol. The number of benzene rings is 1. The molecule has 20 heavy (non-hydrogen) atoms. The van der Waals surface area contributed by atoms with Crippen LogP contribution in [0.3, 0.4) is 0 Å². The van der Waals surface area contributed by atoms with Crippen molar-refractivity contribution in [1.82, 2.24) is 4.98 Å². The van der Waals surface area contributed by atoms with Gasteiger partial charge in [0, 0.05) is 11.6 Å². The average molecular weight is 277 g/mol. The summed E-state index contributed by atoms with van der Waals surface area (Å²) in [6.45, 7) is 2.04. The van der Waals surface area contributed by atoms with Gasteiger partial charge in [-0.25, -0.2) is 18.6 Å². The maximum absolute atomic E-state index is 13.8. The fourth-order valence-electron chi connectivity index (χ4n) is 1.66. The Morgan fingerprint density at radius 2 is 1.95 bits per heavy atom. The third-order valence-electron chi connectivity index (χ3n) is 2.61. The number of hydrogen-bond acceptors (Lipinski definition) is 3. The molecule has 0 saturated carbocycles. The average Bonchev–Trinajstić information content (AvgIpc) is 2.48. The van der Waals surface area contributed by atoms with Gasteiger partial charge in [0.2, 0.25) is 0 Å². The second-order valence-corrected chi connectivity index (χ2v) is 4.15. The molecule has 0 aliphatic rings. The Hall–Kier alpha value is -2.30. The molecule has 0 spiro atoms. The van der Waals surface area contributed by atoms with Crippen molar-refractivity contribution in [3.63, 3.8) is 0 Å². The van der Waals surface area contributed by atoms with Gasteiger partial charge in [0.05, 0.1) is 6.61 Å². The van der Waals surface area contributed by atoms with Crippen LogP contribution in [0.2, 0.25) is 0 Å². The van der Waals surface area contributed by atoms with Gasteiger partial charge in [0.15, 0.2) is 17.3 Å². The first-order chi connectivity index (χ1) is 9.63. The van der Waals surface area contributed by atoms with Gasteiger partial charge in [-0.2, -0.15) is 0 Å². The molecule has 0 saturated heterocycles. The number of nitrogens with zero attached hydrogens (tertiary/aromatic N) is 1. The summed E-state index contributed by atoms with van der Waals surface area (Å²) >= 11 is 0. The van der Waals surface area contributed by atoms with Crippen molar-refractivity contribution in [2.24, 2.45) is 0 Å². The first-order valence-electron chi connectivity index (χ1n) is 6.22. The first-order valence-corrected chi connectivity index (χ1v) is 6.22. The number of pyridine rings is 1. The highest BCUT2D eigenvalue weighted by atomic mass is 19.2. The largest absolute Gasteiger partial charge is 0.461 e. The lowest BCUT2D eigenvalue weighted by atomic mass is 10.1. The van der Waals surface area contributed by atoms with Gasteiger partial charge in [-0.1, -0.05) is 37.3 Å². The van der Waals surface area contributed by atoms with Crippen molar-refractivity contribution in [3.8, 4) is 11.3 Å². The van der Waals surface area contributed by atoms with Crippen molar-refractivity contribution < 1.29 is 18.3 Å². The highest BCUT2D eigenvalue weighted by Crippen LogP contribution is 2.23. The minimum Gasteiger partial charge on any atom is -0.461 e. The minimum absolute atomic E-state index is 0.200. The lowest BCUT2D eigenvalue weighted by molar-refractivity contribution is 0.0497. The number of rotatable bonds is 4. The summed E-state index contributed by atoms with van der Waals surface area (Å²) < 4.78 is 32.3. The molecule has 0 fully saturated rings. The fourth-order valence-corrected chi connectivity index (χ4v) is 1.66. The monoisotopic (exact) mass is 277 g/mol. The van der Waals surface area contributed by atoms with E-state index >= 15 is 0 Å². The van der Waals surface area contributed by atoms with E-state index in [1.807, 2.05) is 6.92 Å². The van der Waals surface area contributed by atoms with Crippen molar-refractivity contribution in [2.45, 2.75) is 13.3 Å². The predicted octanol–water partition coefficient (Wildman–Crippen LogP) is 3.59. The van der Waals surface area contributed by atoms with Crippen LogP contribution in [-0.4, -0.2) is 17.6 Å². The summed E-state index contributed by atoms with van der Waals surface area (Å²) in [4.78, 5) is 15.5. The van der Waals surface area contributed by atoms with Crippen LogP contribution in [0.15, 0.2) is 36.4 Å². The normalized spacial score (nSPS) is 10.3. The zero-order valence-electron chi connectivity index (χ0n) is 10.9. The zero-order valence-corrected chi connectivity index (χ0v) is 10.9. The Balaban J connectivity index is 2.43. The molecule has 2 rings (SSSR count). The Morgan fingerprint density at radius 3 is 2.60 bits per heavy atom. The van der Waals surface area contributed by atoms with Crippen molar-refractivity contribution in [2.75, 3.05) is 6.61 Å². The number of halogens is 2. The van der Waals surface area contributed by atoms with Crippen molar-refractivity contribution >= 4 is 5.97 Å². The van der Waals surface area contributed by atoms with E-state index in [1.165, 1.54) is 0 Å². The third kappa shape index (κ3) is 2.99. The SMILES string of the molecule is CCCOC(=O)c1cc(F)c(F)c(-c2ccccc2)n1. The maximum Gasteiger partial charge on any atom is 0.357 e. The Bertz CT molecular complexity index is 615. The van der Waals surface area contributed by atoms with Gasteiger partial charge < -0.3 is 4.74 Å². The van der Waals surface area contributed by atoms with E-state index in [0.29, 0.717) is 12.0 Å². The fraction of sp³-hybridized carbons (Fsp3) is 0.200. The maximum atomic E-state index is 13.8. The summed E-state index contributed by atoms with van der Waals surface area (Å²) in [7, 11) is 0. The van der Waals surface area contributed by atoms with E-state index in [0.717, 1.165) is 6.07 Å². The summed E-state index contributed by atoms with van der Waals surface area (Å²) in [5.41, 5.74) is -0.0423. The lowest BCUT2D eigenvalue weighted by Gasteiger charge is -2.07. The molecule has 104 valence electrons. The van der Waals surface area contributed by atoms with E-state index in [4.69, 9.17) is 4.74 Å². The van der Waals surface area contributed by atoms with Gasteiger partial charge in [-0.3, -0.25) is 0 Å². The number of aromatic nitrogens is 1. The molecular weight excluding hydrogens is 264 g/mol. The van der Waals surface area contributed by atoms with Crippen molar-refractivity contribution in [1.29, 1.82) is 0 Å².